The van der Waals surface area contributed by atoms with E-state index in [1.807, 2.05) is 17.0 Å². The molecule has 1 atom stereocenters. The lowest BCUT2D eigenvalue weighted by Gasteiger charge is -2.42. The average molecular weight is 274 g/mol. The molecule has 0 spiro atoms. The molecule has 3 nitrogen and oxygen atoms in total. The monoisotopic (exact) mass is 274 g/mol. The van der Waals surface area contributed by atoms with Crippen molar-refractivity contribution < 1.29 is 4.79 Å². The third-order valence-electron chi connectivity index (χ3n) is 4.42. The smallest absolute Gasteiger partial charge is 0.253 e. The summed E-state index contributed by atoms with van der Waals surface area (Å²) < 4.78 is 0. The van der Waals surface area contributed by atoms with Crippen molar-refractivity contribution in [3.63, 3.8) is 0 Å². The second-order valence-electron chi connectivity index (χ2n) is 6.89. The number of hydrogen-bond donors (Lipinski definition) is 1. The Balaban J connectivity index is 2.11. The van der Waals surface area contributed by atoms with Gasteiger partial charge < -0.3 is 10.6 Å². The van der Waals surface area contributed by atoms with Gasteiger partial charge in [0.2, 0.25) is 0 Å². The SMILES string of the molecule is CC(C)c1ccc(C(=O)N2CCC(N)C(C)(C)C2)cc1. The minimum absolute atomic E-state index is 0.00815. The molecule has 1 fully saturated rings. The Morgan fingerprint density at radius 3 is 2.40 bits per heavy atom. The molecule has 1 aliphatic rings. The number of benzene rings is 1. The molecule has 0 saturated carbocycles. The maximum atomic E-state index is 12.6. The van der Waals surface area contributed by atoms with E-state index in [9.17, 15) is 4.79 Å². The van der Waals surface area contributed by atoms with E-state index >= 15 is 0 Å². The number of rotatable bonds is 2. The fourth-order valence-electron chi connectivity index (χ4n) is 2.74. The number of nitrogens with two attached hydrogens (primary N) is 1. The van der Waals surface area contributed by atoms with Crippen LogP contribution in [0.4, 0.5) is 0 Å². The van der Waals surface area contributed by atoms with Gasteiger partial charge in [0.1, 0.15) is 0 Å². The first-order valence-corrected chi connectivity index (χ1v) is 7.46. The molecule has 20 heavy (non-hydrogen) atoms. The van der Waals surface area contributed by atoms with E-state index < -0.39 is 0 Å². The van der Waals surface area contributed by atoms with Crippen LogP contribution < -0.4 is 5.73 Å². The molecular formula is C17H26N2O. The maximum absolute atomic E-state index is 12.6. The molecule has 1 aromatic carbocycles. The highest BCUT2D eigenvalue weighted by Gasteiger charge is 2.35. The van der Waals surface area contributed by atoms with Gasteiger partial charge in [0, 0.05) is 24.7 Å². The largest absolute Gasteiger partial charge is 0.338 e. The van der Waals surface area contributed by atoms with E-state index in [1.165, 1.54) is 5.56 Å². The Morgan fingerprint density at radius 2 is 1.90 bits per heavy atom. The van der Waals surface area contributed by atoms with Crippen LogP contribution in [0.1, 0.15) is 56.0 Å². The summed E-state index contributed by atoms with van der Waals surface area (Å²) in [5.74, 6) is 0.617. The van der Waals surface area contributed by atoms with Crippen molar-refractivity contribution in [1.29, 1.82) is 0 Å². The van der Waals surface area contributed by atoms with Crippen LogP contribution in [0.3, 0.4) is 0 Å². The summed E-state index contributed by atoms with van der Waals surface area (Å²) in [6.07, 6.45) is 0.878. The Hall–Kier alpha value is -1.35. The van der Waals surface area contributed by atoms with Gasteiger partial charge >= 0.3 is 0 Å². The first kappa shape index (κ1) is 15.0. The van der Waals surface area contributed by atoms with Crippen molar-refractivity contribution >= 4 is 5.91 Å². The van der Waals surface area contributed by atoms with E-state index in [4.69, 9.17) is 5.73 Å². The van der Waals surface area contributed by atoms with Gasteiger partial charge in [-0.3, -0.25) is 4.79 Å². The minimum atomic E-state index is -0.00815. The normalized spacial score (nSPS) is 22.1. The van der Waals surface area contributed by atoms with Crippen LogP contribution in [0, 0.1) is 5.41 Å². The summed E-state index contributed by atoms with van der Waals surface area (Å²) in [7, 11) is 0. The summed E-state index contributed by atoms with van der Waals surface area (Å²) in [5, 5.41) is 0. The highest BCUT2D eigenvalue weighted by molar-refractivity contribution is 5.94. The zero-order valence-electron chi connectivity index (χ0n) is 13.0. The van der Waals surface area contributed by atoms with Crippen molar-refractivity contribution in [2.24, 2.45) is 11.1 Å². The molecule has 0 radical (unpaired) electrons. The zero-order valence-corrected chi connectivity index (χ0v) is 13.0. The molecule has 1 saturated heterocycles. The zero-order chi connectivity index (χ0) is 14.9. The van der Waals surface area contributed by atoms with Gasteiger partial charge in [-0.1, -0.05) is 39.8 Å². The van der Waals surface area contributed by atoms with Crippen LogP contribution in [0.2, 0.25) is 0 Å². The predicted octanol–water partition coefficient (Wildman–Crippen LogP) is 3.01. The fourth-order valence-corrected chi connectivity index (χ4v) is 2.74. The Bertz CT molecular complexity index is 476. The standard InChI is InChI=1S/C17H26N2O/c1-12(2)13-5-7-14(8-6-13)16(20)19-10-9-15(18)17(3,4)11-19/h5-8,12,15H,9-11,18H2,1-4H3. The number of hydrogen-bond acceptors (Lipinski definition) is 2. The molecule has 0 bridgehead atoms. The van der Waals surface area contributed by atoms with Crippen LogP contribution in [0.25, 0.3) is 0 Å². The molecule has 1 amide bonds. The lowest BCUT2D eigenvalue weighted by molar-refractivity contribution is 0.0533. The van der Waals surface area contributed by atoms with Crippen LogP contribution in [-0.2, 0) is 0 Å². The van der Waals surface area contributed by atoms with Gasteiger partial charge in [-0.25, -0.2) is 0 Å². The van der Waals surface area contributed by atoms with Crippen LogP contribution in [-0.4, -0.2) is 29.9 Å². The molecule has 110 valence electrons. The van der Waals surface area contributed by atoms with Gasteiger partial charge in [0.05, 0.1) is 0 Å². The second-order valence-corrected chi connectivity index (χ2v) is 6.89. The van der Waals surface area contributed by atoms with Gasteiger partial charge in [-0.2, -0.15) is 0 Å². The van der Waals surface area contributed by atoms with Gasteiger partial charge in [-0.05, 0) is 35.4 Å². The maximum Gasteiger partial charge on any atom is 0.253 e. The Labute approximate surface area is 122 Å². The number of piperidine rings is 1. The molecular weight excluding hydrogens is 248 g/mol. The summed E-state index contributed by atoms with van der Waals surface area (Å²) in [6.45, 7) is 10.1. The number of amides is 1. The Morgan fingerprint density at radius 1 is 1.30 bits per heavy atom. The first-order valence-electron chi connectivity index (χ1n) is 7.46. The molecule has 3 heteroatoms. The highest BCUT2D eigenvalue weighted by atomic mass is 16.2. The van der Waals surface area contributed by atoms with Crippen molar-refractivity contribution in [2.45, 2.75) is 46.1 Å². The van der Waals surface area contributed by atoms with Crippen molar-refractivity contribution in [2.75, 3.05) is 13.1 Å². The van der Waals surface area contributed by atoms with Crippen LogP contribution in [0.5, 0.6) is 0 Å². The van der Waals surface area contributed by atoms with E-state index in [0.29, 0.717) is 5.92 Å². The number of carbonyl (C=O) groups excluding carboxylic acids is 1. The first-order chi connectivity index (χ1) is 9.31. The minimum Gasteiger partial charge on any atom is -0.338 e. The third-order valence-corrected chi connectivity index (χ3v) is 4.42. The van der Waals surface area contributed by atoms with Crippen LogP contribution >= 0.6 is 0 Å². The quantitative estimate of drug-likeness (QED) is 0.901. The lowest BCUT2D eigenvalue weighted by atomic mass is 9.79. The second kappa shape index (κ2) is 5.57. The molecule has 0 aliphatic carbocycles. The van der Waals surface area contributed by atoms with E-state index in [0.717, 1.165) is 25.1 Å². The molecule has 1 aliphatic heterocycles. The van der Waals surface area contributed by atoms with Gasteiger partial charge in [0.15, 0.2) is 0 Å². The molecule has 0 aromatic heterocycles. The highest BCUT2D eigenvalue weighted by Crippen LogP contribution is 2.28. The molecule has 1 unspecified atom stereocenters. The summed E-state index contributed by atoms with van der Waals surface area (Å²) >= 11 is 0. The summed E-state index contributed by atoms with van der Waals surface area (Å²) in [5.41, 5.74) is 8.17. The lowest BCUT2D eigenvalue weighted by Crippen LogP contribution is -2.53. The number of likely N-dealkylation sites (tertiary alicyclic amines) is 1. The van der Waals surface area contributed by atoms with E-state index in [1.54, 1.807) is 0 Å². The van der Waals surface area contributed by atoms with Crippen LogP contribution in [0.15, 0.2) is 24.3 Å². The van der Waals surface area contributed by atoms with Crippen molar-refractivity contribution in [1.82, 2.24) is 4.90 Å². The number of carbonyl (C=O) groups is 1. The predicted molar refractivity (Wildman–Crippen MR) is 82.8 cm³/mol. The van der Waals surface area contributed by atoms with Gasteiger partial charge in [-0.15, -0.1) is 0 Å². The third kappa shape index (κ3) is 3.04. The molecule has 2 N–H and O–H groups in total. The Kier molecular flexibility index (Phi) is 4.19. The molecule has 1 heterocycles. The van der Waals surface area contributed by atoms with E-state index in [-0.39, 0.29) is 17.4 Å². The fraction of sp³-hybridized carbons (Fsp3) is 0.588. The van der Waals surface area contributed by atoms with Crippen molar-refractivity contribution in [3.05, 3.63) is 35.4 Å². The summed E-state index contributed by atoms with van der Waals surface area (Å²) in [4.78, 5) is 14.5. The van der Waals surface area contributed by atoms with E-state index in [2.05, 4.69) is 39.8 Å². The van der Waals surface area contributed by atoms with Crippen molar-refractivity contribution in [3.8, 4) is 0 Å². The van der Waals surface area contributed by atoms with Gasteiger partial charge in [0.25, 0.3) is 5.91 Å². The number of nitrogens with zero attached hydrogens (tertiary/aromatic N) is 1. The summed E-state index contributed by atoms with van der Waals surface area (Å²) in [6, 6.07) is 8.17. The molecule has 2 rings (SSSR count). The topological polar surface area (TPSA) is 46.3 Å². The molecule has 1 aromatic rings. The average Bonchev–Trinajstić information content (AvgIpc) is 2.41.